The molecule has 0 spiro atoms. The first-order valence-corrected chi connectivity index (χ1v) is 17.6. The van der Waals surface area contributed by atoms with Crippen molar-refractivity contribution in [1.82, 2.24) is 0 Å². The average molecular weight is 483 g/mol. The lowest BCUT2D eigenvalue weighted by molar-refractivity contribution is -0.111. The van der Waals surface area contributed by atoms with Gasteiger partial charge in [0, 0.05) is 45.2 Å². The van der Waals surface area contributed by atoms with Crippen LogP contribution in [0.2, 0.25) is 6.04 Å². The van der Waals surface area contributed by atoms with Gasteiger partial charge in [0.2, 0.25) is 0 Å². The van der Waals surface area contributed by atoms with Crippen LogP contribution in [-0.2, 0) is 26.9 Å². The molecule has 0 aliphatic heterocycles. The maximum atomic E-state index is 12.2. The second kappa shape index (κ2) is 18.8. The molecule has 0 fully saturated rings. The molecule has 0 N–H and O–H groups in total. The fraction of sp³-hybridized carbons (Fsp3) is 0.952. The minimum atomic E-state index is -3.13. The first-order valence-electron chi connectivity index (χ1n) is 11.9. The molecule has 0 saturated carbocycles. The normalized spacial score (nSPS) is 12.5. The van der Waals surface area contributed by atoms with Crippen LogP contribution in [0, 0.1) is 0 Å². The monoisotopic (exact) mass is 482 g/mol. The molecule has 6 nitrogen and oxygen atoms in total. The largest absolute Gasteiger partial charge is 0.539 e. The number of hydrogen-bond acceptors (Lipinski definition) is 7. The minimum Gasteiger partial charge on any atom is -0.392 e. The number of carbonyl (C=O) groups excluding carboxylic acids is 1. The highest BCUT2D eigenvalue weighted by molar-refractivity contribution is 8.13. The van der Waals surface area contributed by atoms with Crippen molar-refractivity contribution in [2.24, 2.45) is 0 Å². The van der Waals surface area contributed by atoms with Gasteiger partial charge in [-0.2, -0.15) is 0 Å². The van der Waals surface area contributed by atoms with E-state index in [9.17, 15) is 4.79 Å². The van der Waals surface area contributed by atoms with E-state index in [1.165, 1.54) is 31.0 Å². The summed E-state index contributed by atoms with van der Waals surface area (Å²) in [7, 11) is -6.03. The van der Waals surface area contributed by atoms with E-state index in [2.05, 4.69) is 6.92 Å². The molecule has 180 valence electrons. The van der Waals surface area contributed by atoms with Crippen molar-refractivity contribution in [2.45, 2.75) is 92.5 Å². The van der Waals surface area contributed by atoms with Gasteiger partial charge in [-0.15, -0.1) is 0 Å². The van der Waals surface area contributed by atoms with Gasteiger partial charge in [0.15, 0.2) is 5.12 Å². The average Bonchev–Trinajstić information content (AvgIpc) is 2.71. The number of thioether (sulfide) groups is 1. The Morgan fingerprint density at radius 2 is 1.17 bits per heavy atom. The molecule has 0 aromatic heterocycles. The smallest absolute Gasteiger partial charge is 0.392 e. The van der Waals surface area contributed by atoms with Gasteiger partial charge in [-0.3, -0.25) is 4.79 Å². The molecule has 0 aromatic rings. The van der Waals surface area contributed by atoms with Crippen molar-refractivity contribution in [2.75, 3.05) is 38.8 Å². The second-order valence-corrected chi connectivity index (χ2v) is 16.8. The van der Waals surface area contributed by atoms with Gasteiger partial charge < -0.3 is 22.1 Å². The van der Waals surface area contributed by atoms with Crippen LogP contribution in [0.1, 0.15) is 86.5 Å². The predicted octanol–water partition coefficient (Wildman–Crippen LogP) is 5.64. The van der Waals surface area contributed by atoms with Gasteiger partial charge in [-0.05, 0) is 53.5 Å². The molecule has 0 amide bonds. The summed E-state index contributed by atoms with van der Waals surface area (Å²) in [5, 5.41) is 0.287. The van der Waals surface area contributed by atoms with Crippen LogP contribution in [0.15, 0.2) is 0 Å². The van der Waals surface area contributed by atoms with Crippen molar-refractivity contribution in [1.29, 1.82) is 0 Å². The SMILES string of the molecule is CCCCCCCC(=O)SCCC[Si](OCC)(OCC)[Si](OCC)(OCC)OCC. The van der Waals surface area contributed by atoms with Crippen LogP contribution in [-0.4, -0.2) is 60.3 Å². The molecule has 30 heavy (non-hydrogen) atoms. The van der Waals surface area contributed by atoms with Gasteiger partial charge in [0.1, 0.15) is 0 Å². The Hall–Kier alpha value is 0.254. The van der Waals surface area contributed by atoms with E-state index in [0.29, 0.717) is 45.5 Å². The molecule has 0 radical (unpaired) electrons. The van der Waals surface area contributed by atoms with Crippen LogP contribution < -0.4 is 0 Å². The molecular formula is C21H46O6SSi2. The first-order chi connectivity index (χ1) is 14.5. The van der Waals surface area contributed by atoms with Crippen molar-refractivity contribution < 1.29 is 26.9 Å². The van der Waals surface area contributed by atoms with Gasteiger partial charge in [0.25, 0.3) is 0 Å². The van der Waals surface area contributed by atoms with Gasteiger partial charge in [-0.1, -0.05) is 44.4 Å². The summed E-state index contributed by atoms with van der Waals surface area (Å²) < 4.78 is 31.2. The van der Waals surface area contributed by atoms with Crippen LogP contribution in [0.4, 0.5) is 0 Å². The third-order valence-corrected chi connectivity index (χ3v) is 16.8. The summed E-state index contributed by atoms with van der Waals surface area (Å²) in [6.07, 6.45) is 7.35. The van der Waals surface area contributed by atoms with Crippen LogP contribution in [0.25, 0.3) is 0 Å². The maximum Gasteiger partial charge on any atom is 0.539 e. The second-order valence-electron chi connectivity index (χ2n) is 6.96. The minimum absolute atomic E-state index is 0.287. The number of carbonyl (C=O) groups is 1. The van der Waals surface area contributed by atoms with E-state index in [1.807, 2.05) is 34.6 Å². The summed E-state index contributed by atoms with van der Waals surface area (Å²) in [5.74, 6) is 0.761. The highest BCUT2D eigenvalue weighted by Gasteiger charge is 2.67. The molecule has 0 aromatic carbocycles. The van der Waals surface area contributed by atoms with Crippen LogP contribution in [0.5, 0.6) is 0 Å². The molecule has 0 aliphatic rings. The number of rotatable bonds is 21. The first kappa shape index (κ1) is 30.3. The Kier molecular flexibility index (Phi) is 18.9. The van der Waals surface area contributed by atoms with Crippen molar-refractivity contribution in [3.05, 3.63) is 0 Å². The molecule has 9 heteroatoms. The third kappa shape index (κ3) is 10.7. The summed E-state index contributed by atoms with van der Waals surface area (Å²) in [5.41, 5.74) is 0. The standard InChI is InChI=1S/C21H46O6SSi2/c1-7-13-14-15-16-18-21(22)28-19-17-20-29(23-8-2,24-9-3)30(25-10-4,26-11-5)27-12-6/h7-20H2,1-6H3. The fourth-order valence-electron chi connectivity index (χ4n) is 3.44. The van der Waals surface area contributed by atoms with Crippen LogP contribution >= 0.6 is 11.8 Å². The lowest BCUT2D eigenvalue weighted by Gasteiger charge is -2.41. The Labute approximate surface area is 191 Å². The lowest BCUT2D eigenvalue weighted by atomic mass is 10.1. The summed E-state index contributed by atoms with van der Waals surface area (Å²) in [4.78, 5) is 12.2. The van der Waals surface area contributed by atoms with Gasteiger partial charge in [0.05, 0.1) is 0 Å². The predicted molar refractivity (Wildman–Crippen MR) is 130 cm³/mol. The Morgan fingerprint density at radius 1 is 0.667 bits per heavy atom. The van der Waals surface area contributed by atoms with E-state index in [-0.39, 0.29) is 5.12 Å². The third-order valence-electron chi connectivity index (χ3n) is 4.62. The van der Waals surface area contributed by atoms with E-state index >= 15 is 0 Å². The molecule has 0 aliphatic carbocycles. The highest BCUT2D eigenvalue weighted by atomic mass is 32.2. The zero-order chi connectivity index (χ0) is 22.7. The molecular weight excluding hydrogens is 436 g/mol. The number of unbranched alkanes of at least 4 members (excludes halogenated alkanes) is 4. The molecule has 0 atom stereocenters. The Balaban J connectivity index is 5.01. The van der Waals surface area contributed by atoms with E-state index < -0.39 is 16.4 Å². The maximum absolute atomic E-state index is 12.2. The molecule has 0 heterocycles. The summed E-state index contributed by atoms with van der Waals surface area (Å²) in [6.45, 7) is 14.5. The van der Waals surface area contributed by atoms with Crippen molar-refractivity contribution in [3.8, 4) is 0 Å². The van der Waals surface area contributed by atoms with Crippen LogP contribution in [0.3, 0.4) is 0 Å². The summed E-state index contributed by atoms with van der Waals surface area (Å²) in [6, 6.07) is 0.706. The zero-order valence-corrected chi connectivity index (χ0v) is 23.1. The zero-order valence-electron chi connectivity index (χ0n) is 20.3. The molecule has 0 bridgehead atoms. The van der Waals surface area contributed by atoms with Crippen molar-refractivity contribution in [3.63, 3.8) is 0 Å². The topological polar surface area (TPSA) is 63.2 Å². The van der Waals surface area contributed by atoms with Gasteiger partial charge in [-0.25, -0.2) is 0 Å². The Bertz CT molecular complexity index is 405. The molecule has 0 saturated heterocycles. The molecule has 0 unspecified atom stereocenters. The van der Waals surface area contributed by atoms with E-state index in [1.54, 1.807) is 0 Å². The molecule has 0 rings (SSSR count). The summed E-state index contributed by atoms with van der Waals surface area (Å²) >= 11 is 1.43. The lowest BCUT2D eigenvalue weighted by Crippen LogP contribution is -2.72. The number of hydrogen-bond donors (Lipinski definition) is 0. The van der Waals surface area contributed by atoms with Gasteiger partial charge >= 0.3 is 16.4 Å². The van der Waals surface area contributed by atoms with Crippen molar-refractivity contribution >= 4 is 33.3 Å². The Morgan fingerprint density at radius 3 is 1.63 bits per heavy atom. The quantitative estimate of drug-likeness (QED) is 0.155. The van der Waals surface area contributed by atoms with E-state index in [0.717, 1.165) is 25.0 Å². The highest BCUT2D eigenvalue weighted by Crippen LogP contribution is 2.32. The van der Waals surface area contributed by atoms with E-state index in [4.69, 9.17) is 22.1 Å². The fourth-order valence-corrected chi connectivity index (χ4v) is 15.8.